The summed E-state index contributed by atoms with van der Waals surface area (Å²) in [6, 6.07) is 0. The third-order valence-electron chi connectivity index (χ3n) is 3.87. The zero-order chi connectivity index (χ0) is 11.6. The molecule has 0 spiro atoms. The van der Waals surface area contributed by atoms with E-state index in [2.05, 4.69) is 11.7 Å². The Balaban J connectivity index is 2.62. The van der Waals surface area contributed by atoms with Gasteiger partial charge in [0.1, 0.15) is 0 Å². The molecule has 1 N–H and O–H groups in total. The Kier molecular flexibility index (Phi) is 3.37. The quantitative estimate of drug-likeness (QED) is 0.723. The number of rotatable bonds is 4. The van der Waals surface area contributed by atoms with Crippen LogP contribution in [0.3, 0.4) is 0 Å². The number of methoxy groups -OCH3 is 1. The Morgan fingerprint density at radius 1 is 1.53 bits per heavy atom. The second-order valence-electron chi connectivity index (χ2n) is 4.69. The van der Waals surface area contributed by atoms with Crippen molar-refractivity contribution in [3.8, 4) is 0 Å². The van der Waals surface area contributed by atoms with Crippen molar-refractivity contribution in [2.45, 2.75) is 33.1 Å². The summed E-state index contributed by atoms with van der Waals surface area (Å²) >= 11 is 0. The van der Waals surface area contributed by atoms with E-state index in [0.29, 0.717) is 12.3 Å². The van der Waals surface area contributed by atoms with Gasteiger partial charge in [0.05, 0.1) is 13.5 Å². The van der Waals surface area contributed by atoms with Crippen LogP contribution in [0.5, 0.6) is 0 Å². The predicted octanol–water partition coefficient (Wildman–Crippen LogP) is 1.69. The van der Waals surface area contributed by atoms with Gasteiger partial charge in [-0.05, 0) is 23.7 Å². The molecule has 3 atom stereocenters. The second-order valence-corrected chi connectivity index (χ2v) is 4.69. The Labute approximate surface area is 89.6 Å². The van der Waals surface area contributed by atoms with Gasteiger partial charge in [-0.2, -0.15) is 0 Å². The van der Waals surface area contributed by atoms with Crippen molar-refractivity contribution in [2.75, 3.05) is 7.11 Å². The third-order valence-corrected chi connectivity index (χ3v) is 3.87. The number of carboxylic acid groups (broad SMARTS) is 1. The van der Waals surface area contributed by atoms with Crippen molar-refractivity contribution in [1.29, 1.82) is 0 Å². The van der Waals surface area contributed by atoms with Gasteiger partial charge in [0.25, 0.3) is 0 Å². The first-order valence-corrected chi connectivity index (χ1v) is 5.18. The summed E-state index contributed by atoms with van der Waals surface area (Å²) in [5.41, 5.74) is -0.203. The lowest BCUT2D eigenvalue weighted by atomic mass is 9.52. The maximum Gasteiger partial charge on any atom is 0.306 e. The third kappa shape index (κ3) is 2.30. The highest BCUT2D eigenvalue weighted by Crippen LogP contribution is 2.55. The predicted molar refractivity (Wildman–Crippen MR) is 54.3 cm³/mol. The molecule has 15 heavy (non-hydrogen) atoms. The first-order chi connectivity index (χ1) is 6.90. The fourth-order valence-corrected chi connectivity index (χ4v) is 2.44. The molecule has 1 saturated carbocycles. The minimum atomic E-state index is -0.789. The lowest BCUT2D eigenvalue weighted by Gasteiger charge is -2.52. The summed E-state index contributed by atoms with van der Waals surface area (Å²) in [5.74, 6) is -0.549. The molecule has 0 aliphatic heterocycles. The van der Waals surface area contributed by atoms with Gasteiger partial charge in [-0.15, -0.1) is 0 Å². The van der Waals surface area contributed by atoms with E-state index in [1.807, 2.05) is 6.92 Å². The Bertz CT molecular complexity index is 274. The molecule has 0 aromatic heterocycles. The van der Waals surface area contributed by atoms with E-state index in [1.54, 1.807) is 0 Å². The van der Waals surface area contributed by atoms with Crippen molar-refractivity contribution in [2.24, 2.45) is 17.3 Å². The SMILES string of the molecule is COC(=O)CC1(C)C(C)CC1CC(=O)O. The van der Waals surface area contributed by atoms with E-state index in [1.165, 1.54) is 7.11 Å². The van der Waals surface area contributed by atoms with Gasteiger partial charge >= 0.3 is 11.9 Å². The molecule has 1 fully saturated rings. The first kappa shape index (κ1) is 12.0. The number of esters is 1. The molecule has 1 rings (SSSR count). The largest absolute Gasteiger partial charge is 0.481 e. The second kappa shape index (κ2) is 4.21. The van der Waals surface area contributed by atoms with Gasteiger partial charge in [-0.3, -0.25) is 9.59 Å². The van der Waals surface area contributed by atoms with Gasteiger partial charge in [-0.1, -0.05) is 13.8 Å². The highest BCUT2D eigenvalue weighted by molar-refractivity contribution is 5.71. The standard InChI is InChI=1S/C11H18O4/c1-7-4-8(5-9(12)13)11(7,2)6-10(14)15-3/h7-8H,4-6H2,1-3H3,(H,12,13). The molecule has 0 aromatic carbocycles. The lowest BCUT2D eigenvalue weighted by Crippen LogP contribution is -2.47. The average molecular weight is 214 g/mol. The van der Waals surface area contributed by atoms with Crippen LogP contribution in [-0.4, -0.2) is 24.2 Å². The summed E-state index contributed by atoms with van der Waals surface area (Å²) in [6.45, 7) is 4.03. The highest BCUT2D eigenvalue weighted by atomic mass is 16.5. The molecule has 1 aliphatic carbocycles. The molecule has 86 valence electrons. The number of carbonyl (C=O) groups is 2. The molecule has 3 unspecified atom stereocenters. The summed E-state index contributed by atoms with van der Waals surface area (Å²) < 4.78 is 4.64. The topological polar surface area (TPSA) is 63.6 Å². The Morgan fingerprint density at radius 2 is 2.13 bits per heavy atom. The van der Waals surface area contributed by atoms with Gasteiger partial charge in [0.15, 0.2) is 0 Å². The normalized spacial score (nSPS) is 34.3. The number of carbonyl (C=O) groups excluding carboxylic acids is 1. The molecule has 0 saturated heterocycles. The van der Waals surface area contributed by atoms with Gasteiger partial charge < -0.3 is 9.84 Å². The van der Waals surface area contributed by atoms with Crippen LogP contribution >= 0.6 is 0 Å². The van der Waals surface area contributed by atoms with Gasteiger partial charge in [-0.25, -0.2) is 0 Å². The highest BCUT2D eigenvalue weighted by Gasteiger charge is 2.50. The molecule has 4 nitrogen and oxygen atoms in total. The fourth-order valence-electron chi connectivity index (χ4n) is 2.44. The molecular formula is C11H18O4. The Hall–Kier alpha value is -1.06. The average Bonchev–Trinajstić information content (AvgIpc) is 2.16. The zero-order valence-electron chi connectivity index (χ0n) is 9.45. The number of hydrogen-bond donors (Lipinski definition) is 1. The van der Waals surface area contributed by atoms with E-state index in [-0.39, 0.29) is 23.7 Å². The van der Waals surface area contributed by atoms with Gasteiger partial charge in [0, 0.05) is 6.42 Å². The van der Waals surface area contributed by atoms with E-state index >= 15 is 0 Å². The van der Waals surface area contributed by atoms with E-state index in [9.17, 15) is 9.59 Å². The summed E-state index contributed by atoms with van der Waals surface area (Å²) in [5, 5.41) is 8.74. The smallest absolute Gasteiger partial charge is 0.306 e. The number of ether oxygens (including phenoxy) is 1. The summed E-state index contributed by atoms with van der Waals surface area (Å²) in [6.07, 6.45) is 1.36. The number of aliphatic carboxylic acids is 1. The van der Waals surface area contributed by atoms with Crippen LogP contribution in [0.1, 0.15) is 33.1 Å². The maximum atomic E-state index is 11.2. The molecule has 1 aliphatic rings. The first-order valence-electron chi connectivity index (χ1n) is 5.18. The fraction of sp³-hybridized carbons (Fsp3) is 0.818. The Morgan fingerprint density at radius 3 is 2.53 bits per heavy atom. The van der Waals surface area contributed by atoms with Crippen LogP contribution in [0.15, 0.2) is 0 Å². The van der Waals surface area contributed by atoms with Crippen molar-refractivity contribution >= 4 is 11.9 Å². The maximum absolute atomic E-state index is 11.2. The van der Waals surface area contributed by atoms with Crippen molar-refractivity contribution < 1.29 is 19.4 Å². The number of carboxylic acids is 1. The van der Waals surface area contributed by atoms with E-state index < -0.39 is 5.97 Å². The summed E-state index contributed by atoms with van der Waals surface area (Å²) in [7, 11) is 1.36. The monoisotopic (exact) mass is 214 g/mol. The van der Waals surface area contributed by atoms with Gasteiger partial charge in [0.2, 0.25) is 0 Å². The molecule has 0 amide bonds. The number of hydrogen-bond acceptors (Lipinski definition) is 3. The van der Waals surface area contributed by atoms with E-state index in [0.717, 1.165) is 6.42 Å². The lowest BCUT2D eigenvalue weighted by molar-refractivity contribution is -0.155. The van der Waals surface area contributed by atoms with Crippen LogP contribution in [-0.2, 0) is 14.3 Å². The van der Waals surface area contributed by atoms with Crippen LogP contribution in [0.25, 0.3) is 0 Å². The van der Waals surface area contributed by atoms with Crippen LogP contribution in [0, 0.1) is 17.3 Å². The zero-order valence-corrected chi connectivity index (χ0v) is 9.45. The van der Waals surface area contributed by atoms with Crippen LogP contribution in [0.4, 0.5) is 0 Å². The van der Waals surface area contributed by atoms with Crippen molar-refractivity contribution in [1.82, 2.24) is 0 Å². The minimum Gasteiger partial charge on any atom is -0.481 e. The molecular weight excluding hydrogens is 196 g/mol. The summed E-state index contributed by atoms with van der Waals surface area (Å²) in [4.78, 5) is 21.9. The molecule has 0 aromatic rings. The van der Waals surface area contributed by atoms with Crippen LogP contribution < -0.4 is 0 Å². The minimum absolute atomic E-state index is 0.101. The van der Waals surface area contributed by atoms with E-state index in [4.69, 9.17) is 5.11 Å². The molecule has 4 heteroatoms. The molecule has 0 radical (unpaired) electrons. The molecule has 0 bridgehead atoms. The van der Waals surface area contributed by atoms with Crippen molar-refractivity contribution in [3.63, 3.8) is 0 Å². The van der Waals surface area contributed by atoms with Crippen molar-refractivity contribution in [3.05, 3.63) is 0 Å². The molecule has 0 heterocycles. The van der Waals surface area contributed by atoms with Crippen LogP contribution in [0.2, 0.25) is 0 Å².